The van der Waals surface area contributed by atoms with Crippen molar-refractivity contribution < 1.29 is 14.0 Å². The van der Waals surface area contributed by atoms with Crippen molar-refractivity contribution in [1.29, 1.82) is 0 Å². The van der Waals surface area contributed by atoms with Crippen LogP contribution in [0.1, 0.15) is 5.82 Å². The zero-order chi connectivity index (χ0) is 16.1. The minimum atomic E-state index is 0.206. The number of rotatable bonds is 7. The minimum Gasteiger partial charge on any atom is -0.485 e. The highest BCUT2D eigenvalue weighted by atomic mass is 35.5. The fourth-order valence-corrected chi connectivity index (χ4v) is 2.09. The SMILES string of the molecule is COCCn1nccc1-c1nc(COc2ccc(Cl)cc2)no1. The van der Waals surface area contributed by atoms with Crippen molar-refractivity contribution in [1.82, 2.24) is 19.9 Å². The number of halogens is 1. The van der Waals surface area contributed by atoms with Crippen molar-refractivity contribution in [2.45, 2.75) is 13.2 Å². The molecule has 0 bridgehead atoms. The lowest BCUT2D eigenvalue weighted by atomic mass is 10.3. The number of hydrogen-bond donors (Lipinski definition) is 0. The van der Waals surface area contributed by atoms with E-state index in [1.54, 1.807) is 42.3 Å². The Balaban J connectivity index is 1.66. The number of methoxy groups -OCH3 is 1. The summed E-state index contributed by atoms with van der Waals surface area (Å²) in [6, 6.07) is 8.89. The van der Waals surface area contributed by atoms with Gasteiger partial charge in [0.05, 0.1) is 13.2 Å². The predicted octanol–water partition coefficient (Wildman–Crippen LogP) is 2.81. The average molecular weight is 335 g/mol. The second-order valence-electron chi connectivity index (χ2n) is 4.69. The van der Waals surface area contributed by atoms with Gasteiger partial charge in [-0.2, -0.15) is 10.1 Å². The highest BCUT2D eigenvalue weighted by molar-refractivity contribution is 6.30. The second kappa shape index (κ2) is 7.26. The summed E-state index contributed by atoms with van der Waals surface area (Å²) in [7, 11) is 1.64. The van der Waals surface area contributed by atoms with Gasteiger partial charge in [-0.05, 0) is 30.3 Å². The third-order valence-corrected chi connectivity index (χ3v) is 3.34. The molecule has 2 heterocycles. The van der Waals surface area contributed by atoms with Crippen molar-refractivity contribution in [3.05, 3.63) is 47.4 Å². The average Bonchev–Trinajstić information content (AvgIpc) is 3.21. The van der Waals surface area contributed by atoms with Crippen LogP contribution >= 0.6 is 11.6 Å². The molecule has 3 rings (SSSR count). The van der Waals surface area contributed by atoms with E-state index in [1.807, 2.05) is 6.07 Å². The van der Waals surface area contributed by atoms with E-state index in [4.69, 9.17) is 25.6 Å². The first-order valence-electron chi connectivity index (χ1n) is 6.98. The monoisotopic (exact) mass is 334 g/mol. The van der Waals surface area contributed by atoms with Gasteiger partial charge in [-0.25, -0.2) is 0 Å². The van der Waals surface area contributed by atoms with Gasteiger partial charge in [0.25, 0.3) is 5.89 Å². The molecular formula is C15H15ClN4O3. The Morgan fingerprint density at radius 2 is 2.04 bits per heavy atom. The van der Waals surface area contributed by atoms with Crippen molar-refractivity contribution in [2.75, 3.05) is 13.7 Å². The summed E-state index contributed by atoms with van der Waals surface area (Å²) in [4.78, 5) is 4.32. The van der Waals surface area contributed by atoms with Gasteiger partial charge in [0.15, 0.2) is 6.61 Å². The summed E-state index contributed by atoms with van der Waals surface area (Å²) < 4.78 is 17.7. The third-order valence-electron chi connectivity index (χ3n) is 3.09. The van der Waals surface area contributed by atoms with E-state index in [-0.39, 0.29) is 6.61 Å². The lowest BCUT2D eigenvalue weighted by Gasteiger charge is -2.03. The Kier molecular flexibility index (Phi) is 4.89. The van der Waals surface area contributed by atoms with Crippen molar-refractivity contribution in [2.24, 2.45) is 0 Å². The fraction of sp³-hybridized carbons (Fsp3) is 0.267. The number of nitrogens with zero attached hydrogens (tertiary/aromatic N) is 4. The van der Waals surface area contributed by atoms with Crippen LogP contribution in [0.25, 0.3) is 11.6 Å². The smallest absolute Gasteiger partial charge is 0.276 e. The van der Waals surface area contributed by atoms with Gasteiger partial charge in [-0.15, -0.1) is 0 Å². The lowest BCUT2D eigenvalue weighted by Crippen LogP contribution is -2.07. The quantitative estimate of drug-likeness (QED) is 0.661. The molecule has 120 valence electrons. The summed E-state index contributed by atoms with van der Waals surface area (Å²) in [6.45, 7) is 1.37. The van der Waals surface area contributed by atoms with Crippen LogP contribution in [0, 0.1) is 0 Å². The minimum absolute atomic E-state index is 0.206. The first-order chi connectivity index (χ1) is 11.3. The van der Waals surface area contributed by atoms with E-state index in [2.05, 4.69) is 15.2 Å². The van der Waals surface area contributed by atoms with Crippen molar-refractivity contribution >= 4 is 11.6 Å². The first-order valence-corrected chi connectivity index (χ1v) is 7.36. The van der Waals surface area contributed by atoms with E-state index in [1.165, 1.54) is 0 Å². The number of benzene rings is 1. The molecule has 1 aromatic carbocycles. The molecule has 0 amide bonds. The number of hydrogen-bond acceptors (Lipinski definition) is 6. The van der Waals surface area contributed by atoms with E-state index in [0.717, 1.165) is 5.69 Å². The van der Waals surface area contributed by atoms with Crippen LogP contribution in [0.15, 0.2) is 41.1 Å². The Labute approximate surface area is 137 Å². The van der Waals surface area contributed by atoms with Crippen LogP contribution in [0.2, 0.25) is 5.02 Å². The largest absolute Gasteiger partial charge is 0.485 e. The Morgan fingerprint density at radius 3 is 2.83 bits per heavy atom. The second-order valence-corrected chi connectivity index (χ2v) is 5.13. The molecule has 0 saturated heterocycles. The topological polar surface area (TPSA) is 75.2 Å². The molecule has 7 nitrogen and oxygen atoms in total. The van der Waals surface area contributed by atoms with Gasteiger partial charge < -0.3 is 14.0 Å². The van der Waals surface area contributed by atoms with E-state index in [0.29, 0.717) is 35.6 Å². The summed E-state index contributed by atoms with van der Waals surface area (Å²) in [5.41, 5.74) is 0.743. The molecule has 8 heteroatoms. The molecule has 0 saturated carbocycles. The van der Waals surface area contributed by atoms with Gasteiger partial charge in [-0.3, -0.25) is 4.68 Å². The van der Waals surface area contributed by atoms with Crippen LogP contribution < -0.4 is 4.74 Å². The Morgan fingerprint density at radius 1 is 1.22 bits per heavy atom. The first kappa shape index (κ1) is 15.5. The summed E-state index contributed by atoms with van der Waals surface area (Å²) >= 11 is 5.83. The van der Waals surface area contributed by atoms with Crippen molar-refractivity contribution in [3.8, 4) is 17.3 Å². The molecule has 23 heavy (non-hydrogen) atoms. The van der Waals surface area contributed by atoms with Gasteiger partial charge >= 0.3 is 0 Å². The van der Waals surface area contributed by atoms with Gasteiger partial charge in [0.1, 0.15) is 11.4 Å². The normalized spacial score (nSPS) is 10.9. The maximum absolute atomic E-state index is 5.83. The van der Waals surface area contributed by atoms with Gasteiger partial charge in [0.2, 0.25) is 5.82 Å². The molecular weight excluding hydrogens is 320 g/mol. The molecule has 0 aliphatic rings. The zero-order valence-corrected chi connectivity index (χ0v) is 13.2. The molecule has 0 spiro atoms. The van der Waals surface area contributed by atoms with E-state index in [9.17, 15) is 0 Å². The van der Waals surface area contributed by atoms with Crippen LogP contribution in [0.4, 0.5) is 0 Å². The molecule has 3 aromatic rings. The van der Waals surface area contributed by atoms with Gasteiger partial charge in [0, 0.05) is 18.3 Å². The molecule has 0 atom stereocenters. The molecule has 0 N–H and O–H groups in total. The molecule has 0 unspecified atom stereocenters. The van der Waals surface area contributed by atoms with Gasteiger partial charge in [-0.1, -0.05) is 16.8 Å². The maximum atomic E-state index is 5.83. The predicted molar refractivity (Wildman–Crippen MR) is 83.2 cm³/mol. The van der Waals surface area contributed by atoms with Crippen LogP contribution in [0.3, 0.4) is 0 Å². The molecule has 0 fully saturated rings. The highest BCUT2D eigenvalue weighted by Gasteiger charge is 2.14. The Hall–Kier alpha value is -2.38. The van der Waals surface area contributed by atoms with E-state index >= 15 is 0 Å². The summed E-state index contributed by atoms with van der Waals surface area (Å²) in [5.74, 6) is 1.54. The summed E-state index contributed by atoms with van der Waals surface area (Å²) in [6.07, 6.45) is 1.68. The highest BCUT2D eigenvalue weighted by Crippen LogP contribution is 2.19. The molecule has 0 aliphatic heterocycles. The zero-order valence-electron chi connectivity index (χ0n) is 12.5. The molecule has 2 aromatic heterocycles. The van der Waals surface area contributed by atoms with Crippen LogP contribution in [-0.2, 0) is 17.9 Å². The molecule has 0 aliphatic carbocycles. The number of ether oxygens (including phenoxy) is 2. The number of aromatic nitrogens is 4. The Bertz CT molecular complexity index is 754. The van der Waals surface area contributed by atoms with Crippen LogP contribution in [0.5, 0.6) is 5.75 Å². The van der Waals surface area contributed by atoms with E-state index < -0.39 is 0 Å². The lowest BCUT2D eigenvalue weighted by molar-refractivity contribution is 0.184. The van der Waals surface area contributed by atoms with Crippen molar-refractivity contribution in [3.63, 3.8) is 0 Å². The molecule has 0 radical (unpaired) electrons. The standard InChI is InChI=1S/C15H15ClN4O3/c1-21-9-8-20-13(6-7-17-20)15-18-14(19-23-15)10-22-12-4-2-11(16)3-5-12/h2-7H,8-10H2,1H3. The fourth-order valence-electron chi connectivity index (χ4n) is 1.97. The maximum Gasteiger partial charge on any atom is 0.276 e. The van der Waals surface area contributed by atoms with Crippen LogP contribution in [-0.4, -0.2) is 33.6 Å². The third kappa shape index (κ3) is 3.88. The summed E-state index contributed by atoms with van der Waals surface area (Å²) in [5, 5.41) is 8.78.